The van der Waals surface area contributed by atoms with Gasteiger partial charge in [-0.3, -0.25) is 4.79 Å². The van der Waals surface area contributed by atoms with E-state index in [0.29, 0.717) is 6.61 Å². The van der Waals surface area contributed by atoms with E-state index < -0.39 is 0 Å². The Kier molecular flexibility index (Phi) is 4.71. The second-order valence-electron chi connectivity index (χ2n) is 4.19. The Morgan fingerprint density at radius 2 is 1.93 bits per heavy atom. The SMILES string of the molecule is CC(=O)OCC(C)=CC1CCCCC1. The topological polar surface area (TPSA) is 26.3 Å². The zero-order chi connectivity index (χ0) is 10.4. The number of ether oxygens (including phenoxy) is 1. The van der Waals surface area contributed by atoms with E-state index in [1.54, 1.807) is 0 Å². The predicted molar refractivity (Wildman–Crippen MR) is 57.0 cm³/mol. The van der Waals surface area contributed by atoms with Crippen molar-refractivity contribution in [3.8, 4) is 0 Å². The maximum Gasteiger partial charge on any atom is 0.302 e. The lowest BCUT2D eigenvalue weighted by molar-refractivity contribution is -0.139. The summed E-state index contributed by atoms with van der Waals surface area (Å²) in [6.45, 7) is 3.96. The van der Waals surface area contributed by atoms with Crippen LogP contribution in [0.1, 0.15) is 46.0 Å². The highest BCUT2D eigenvalue weighted by molar-refractivity contribution is 5.66. The van der Waals surface area contributed by atoms with Crippen LogP contribution in [0, 0.1) is 5.92 Å². The molecule has 0 aromatic carbocycles. The lowest BCUT2D eigenvalue weighted by Gasteiger charge is -2.18. The van der Waals surface area contributed by atoms with Crippen molar-refractivity contribution in [2.75, 3.05) is 6.61 Å². The average molecular weight is 196 g/mol. The second-order valence-corrected chi connectivity index (χ2v) is 4.19. The van der Waals surface area contributed by atoms with Gasteiger partial charge in [0, 0.05) is 6.92 Å². The van der Waals surface area contributed by atoms with Gasteiger partial charge in [0.25, 0.3) is 0 Å². The number of hydrogen-bond donors (Lipinski definition) is 0. The van der Waals surface area contributed by atoms with Gasteiger partial charge in [0.15, 0.2) is 0 Å². The van der Waals surface area contributed by atoms with Gasteiger partial charge in [0.05, 0.1) is 0 Å². The van der Waals surface area contributed by atoms with Gasteiger partial charge in [-0.25, -0.2) is 0 Å². The highest BCUT2D eigenvalue weighted by atomic mass is 16.5. The van der Waals surface area contributed by atoms with Crippen LogP contribution in [0.5, 0.6) is 0 Å². The molecule has 0 aromatic heterocycles. The monoisotopic (exact) mass is 196 g/mol. The molecule has 1 rings (SSSR count). The van der Waals surface area contributed by atoms with Gasteiger partial charge in [0.1, 0.15) is 6.61 Å². The van der Waals surface area contributed by atoms with Gasteiger partial charge in [-0.05, 0) is 31.3 Å². The molecule has 0 saturated heterocycles. The first kappa shape index (κ1) is 11.3. The zero-order valence-electron chi connectivity index (χ0n) is 9.21. The summed E-state index contributed by atoms with van der Waals surface area (Å²) < 4.78 is 4.94. The number of allylic oxidation sites excluding steroid dienone is 1. The number of hydrogen-bond acceptors (Lipinski definition) is 2. The van der Waals surface area contributed by atoms with Gasteiger partial charge in [-0.15, -0.1) is 0 Å². The third kappa shape index (κ3) is 4.45. The quantitative estimate of drug-likeness (QED) is 0.512. The van der Waals surface area contributed by atoms with Crippen LogP contribution in [0.15, 0.2) is 11.6 Å². The van der Waals surface area contributed by atoms with Crippen LogP contribution in [0.4, 0.5) is 0 Å². The third-order valence-electron chi connectivity index (χ3n) is 2.67. The van der Waals surface area contributed by atoms with Gasteiger partial charge in [-0.1, -0.05) is 25.3 Å². The summed E-state index contributed by atoms with van der Waals surface area (Å²) in [4.78, 5) is 10.6. The van der Waals surface area contributed by atoms with Crippen LogP contribution < -0.4 is 0 Å². The predicted octanol–water partition coefficient (Wildman–Crippen LogP) is 3.08. The van der Waals surface area contributed by atoms with Crippen molar-refractivity contribution in [3.05, 3.63) is 11.6 Å². The Hall–Kier alpha value is -0.790. The van der Waals surface area contributed by atoms with Crippen molar-refractivity contribution in [1.29, 1.82) is 0 Å². The summed E-state index contributed by atoms with van der Waals surface area (Å²) in [5.41, 5.74) is 1.19. The largest absolute Gasteiger partial charge is 0.461 e. The van der Waals surface area contributed by atoms with Crippen molar-refractivity contribution in [2.24, 2.45) is 5.92 Å². The van der Waals surface area contributed by atoms with Gasteiger partial charge in [0.2, 0.25) is 0 Å². The molecule has 0 spiro atoms. The fraction of sp³-hybridized carbons (Fsp3) is 0.750. The van der Waals surface area contributed by atoms with Crippen LogP contribution in [-0.2, 0) is 9.53 Å². The van der Waals surface area contributed by atoms with E-state index >= 15 is 0 Å². The number of carbonyl (C=O) groups is 1. The summed E-state index contributed by atoms with van der Waals surface area (Å²) in [7, 11) is 0. The highest BCUT2D eigenvalue weighted by Crippen LogP contribution is 2.25. The van der Waals surface area contributed by atoms with E-state index in [1.165, 1.54) is 44.6 Å². The molecule has 80 valence electrons. The van der Waals surface area contributed by atoms with Crippen LogP contribution in [-0.4, -0.2) is 12.6 Å². The maximum atomic E-state index is 10.6. The summed E-state index contributed by atoms with van der Waals surface area (Å²) >= 11 is 0. The van der Waals surface area contributed by atoms with E-state index in [0.717, 1.165) is 5.92 Å². The Morgan fingerprint density at radius 3 is 2.50 bits per heavy atom. The van der Waals surface area contributed by atoms with Crippen LogP contribution >= 0.6 is 0 Å². The molecule has 1 saturated carbocycles. The summed E-state index contributed by atoms with van der Waals surface area (Å²) in [5, 5.41) is 0. The lowest BCUT2D eigenvalue weighted by atomic mass is 9.88. The Bertz CT molecular complexity index is 212. The molecule has 1 aliphatic rings. The molecule has 1 fully saturated rings. The fourth-order valence-corrected chi connectivity index (χ4v) is 1.97. The zero-order valence-corrected chi connectivity index (χ0v) is 9.21. The molecular weight excluding hydrogens is 176 g/mol. The first-order valence-corrected chi connectivity index (χ1v) is 5.49. The minimum atomic E-state index is -0.193. The molecule has 0 unspecified atom stereocenters. The molecule has 0 radical (unpaired) electrons. The molecule has 1 aliphatic carbocycles. The molecule has 0 aromatic rings. The summed E-state index contributed by atoms with van der Waals surface area (Å²) in [6.07, 6.45) is 8.97. The minimum absolute atomic E-state index is 0.193. The average Bonchev–Trinajstić information content (AvgIpc) is 2.16. The van der Waals surface area contributed by atoms with Gasteiger partial charge in [-0.2, -0.15) is 0 Å². The molecule has 0 bridgehead atoms. The molecular formula is C12H20O2. The Labute approximate surface area is 86.3 Å². The fourth-order valence-electron chi connectivity index (χ4n) is 1.97. The van der Waals surface area contributed by atoms with E-state index in [-0.39, 0.29) is 5.97 Å². The maximum absolute atomic E-state index is 10.6. The number of carbonyl (C=O) groups excluding carboxylic acids is 1. The Morgan fingerprint density at radius 1 is 1.29 bits per heavy atom. The van der Waals surface area contributed by atoms with Gasteiger partial charge >= 0.3 is 5.97 Å². The third-order valence-corrected chi connectivity index (χ3v) is 2.67. The molecule has 0 atom stereocenters. The summed E-state index contributed by atoms with van der Waals surface area (Å²) in [5.74, 6) is 0.528. The first-order chi connectivity index (χ1) is 6.68. The molecule has 14 heavy (non-hydrogen) atoms. The van der Waals surface area contributed by atoms with E-state index in [9.17, 15) is 4.79 Å². The minimum Gasteiger partial charge on any atom is -0.461 e. The number of rotatable bonds is 3. The molecule has 0 aliphatic heterocycles. The van der Waals surface area contributed by atoms with Crippen LogP contribution in [0.2, 0.25) is 0 Å². The lowest BCUT2D eigenvalue weighted by Crippen LogP contribution is -2.06. The molecule has 0 heterocycles. The van der Waals surface area contributed by atoms with E-state index in [1.807, 2.05) is 6.92 Å². The first-order valence-electron chi connectivity index (χ1n) is 5.49. The Balaban J connectivity index is 2.29. The van der Waals surface area contributed by atoms with E-state index in [4.69, 9.17) is 4.74 Å². The van der Waals surface area contributed by atoms with E-state index in [2.05, 4.69) is 6.08 Å². The number of esters is 1. The molecule has 2 nitrogen and oxygen atoms in total. The molecule has 0 amide bonds. The van der Waals surface area contributed by atoms with Crippen LogP contribution in [0.25, 0.3) is 0 Å². The van der Waals surface area contributed by atoms with Crippen molar-refractivity contribution in [2.45, 2.75) is 46.0 Å². The summed E-state index contributed by atoms with van der Waals surface area (Å²) in [6, 6.07) is 0. The van der Waals surface area contributed by atoms with Crippen molar-refractivity contribution < 1.29 is 9.53 Å². The highest BCUT2D eigenvalue weighted by Gasteiger charge is 2.10. The van der Waals surface area contributed by atoms with Gasteiger partial charge < -0.3 is 4.74 Å². The smallest absolute Gasteiger partial charge is 0.302 e. The van der Waals surface area contributed by atoms with Crippen molar-refractivity contribution in [3.63, 3.8) is 0 Å². The normalized spacial score (nSPS) is 19.4. The second kappa shape index (κ2) is 5.84. The molecule has 2 heteroatoms. The molecule has 0 N–H and O–H groups in total. The van der Waals surface area contributed by atoms with Crippen molar-refractivity contribution in [1.82, 2.24) is 0 Å². The van der Waals surface area contributed by atoms with Crippen LogP contribution in [0.3, 0.4) is 0 Å². The standard InChI is InChI=1S/C12H20O2/c1-10(9-14-11(2)13)8-12-6-4-3-5-7-12/h8,12H,3-7,9H2,1-2H3. The van der Waals surface area contributed by atoms with Crippen molar-refractivity contribution >= 4 is 5.97 Å².